The molecule has 1 atom stereocenters. The number of nitrogens with zero attached hydrogens (tertiary/aromatic N) is 1. The van der Waals surface area contributed by atoms with E-state index in [1.165, 1.54) is 16.8 Å². The zero-order chi connectivity index (χ0) is 16.9. The van der Waals surface area contributed by atoms with E-state index in [1.54, 1.807) is 18.2 Å². The highest BCUT2D eigenvalue weighted by molar-refractivity contribution is 7.91. The van der Waals surface area contributed by atoms with Gasteiger partial charge in [-0.3, -0.25) is 4.90 Å². The first kappa shape index (κ1) is 15.9. The second-order valence-corrected chi connectivity index (χ2v) is 8.96. The predicted octanol–water partition coefficient (Wildman–Crippen LogP) is 3.27. The highest BCUT2D eigenvalue weighted by atomic mass is 35.5. The Bertz CT molecular complexity index is 911. The molecule has 6 heteroatoms. The van der Waals surface area contributed by atoms with Crippen LogP contribution in [0.4, 0.5) is 5.69 Å². The third-order valence-electron chi connectivity index (χ3n) is 4.93. The van der Waals surface area contributed by atoms with E-state index >= 15 is 0 Å². The highest BCUT2D eigenvalue weighted by Gasteiger charge is 2.37. The molecular formula is C18H19ClN2O2S. The van der Waals surface area contributed by atoms with E-state index in [1.807, 2.05) is 7.05 Å². The molecule has 0 saturated carbocycles. The third kappa shape index (κ3) is 2.61. The molecule has 2 aromatic rings. The molecule has 2 aliphatic rings. The van der Waals surface area contributed by atoms with Crippen LogP contribution in [0.5, 0.6) is 0 Å². The van der Waals surface area contributed by atoms with Gasteiger partial charge in [0.15, 0.2) is 9.84 Å². The van der Waals surface area contributed by atoms with Gasteiger partial charge in [-0.15, -0.1) is 0 Å². The summed E-state index contributed by atoms with van der Waals surface area (Å²) in [7, 11) is -1.26. The van der Waals surface area contributed by atoms with Crippen molar-refractivity contribution in [2.24, 2.45) is 0 Å². The van der Waals surface area contributed by atoms with E-state index in [4.69, 9.17) is 11.6 Å². The summed E-state index contributed by atoms with van der Waals surface area (Å²) >= 11 is 6.10. The molecule has 24 heavy (non-hydrogen) atoms. The van der Waals surface area contributed by atoms with E-state index < -0.39 is 9.84 Å². The third-order valence-corrected chi connectivity index (χ3v) is 6.96. The fourth-order valence-corrected chi connectivity index (χ4v) is 5.78. The van der Waals surface area contributed by atoms with Crippen LogP contribution < -0.4 is 5.32 Å². The summed E-state index contributed by atoms with van der Waals surface area (Å²) in [6, 6.07) is 11.2. The Morgan fingerprint density at radius 2 is 2.12 bits per heavy atom. The van der Waals surface area contributed by atoms with E-state index in [9.17, 15) is 8.42 Å². The van der Waals surface area contributed by atoms with E-state index in [2.05, 4.69) is 28.4 Å². The second kappa shape index (κ2) is 5.76. The quantitative estimate of drug-likeness (QED) is 0.910. The Hall–Kier alpha value is -1.56. The summed E-state index contributed by atoms with van der Waals surface area (Å²) in [5.74, 6) is 0.113. The molecule has 2 aliphatic heterocycles. The van der Waals surface area contributed by atoms with Crippen LogP contribution in [0.3, 0.4) is 0 Å². The van der Waals surface area contributed by atoms with Gasteiger partial charge in [-0.1, -0.05) is 29.8 Å². The number of fused-ring (bicyclic) bond motifs is 2. The van der Waals surface area contributed by atoms with Gasteiger partial charge < -0.3 is 5.32 Å². The number of hydrogen-bond donors (Lipinski definition) is 1. The molecule has 4 rings (SSSR count). The molecule has 126 valence electrons. The Morgan fingerprint density at radius 3 is 2.96 bits per heavy atom. The first-order valence-electron chi connectivity index (χ1n) is 8.03. The topological polar surface area (TPSA) is 49.4 Å². The van der Waals surface area contributed by atoms with Crippen LogP contribution in [-0.2, 0) is 22.8 Å². The summed E-state index contributed by atoms with van der Waals surface area (Å²) in [6.07, 6.45) is 1.04. The van der Waals surface area contributed by atoms with Crippen molar-refractivity contribution in [2.45, 2.75) is 23.9 Å². The maximum Gasteiger partial charge on any atom is 0.180 e. The SMILES string of the molecule is CN(Cc1cccc2c1NCC2)C1CS(=O)(=O)c2ccc(Cl)cc21. The number of nitrogens with one attached hydrogen (secondary N) is 1. The minimum atomic E-state index is -3.24. The zero-order valence-electron chi connectivity index (χ0n) is 13.4. The lowest BCUT2D eigenvalue weighted by Crippen LogP contribution is -2.26. The van der Waals surface area contributed by atoms with Crippen molar-refractivity contribution in [3.8, 4) is 0 Å². The predicted molar refractivity (Wildman–Crippen MR) is 96.3 cm³/mol. The van der Waals surface area contributed by atoms with Gasteiger partial charge in [0.1, 0.15) is 0 Å². The fraction of sp³-hybridized carbons (Fsp3) is 0.333. The van der Waals surface area contributed by atoms with Gasteiger partial charge in [-0.25, -0.2) is 8.42 Å². The maximum atomic E-state index is 12.4. The number of rotatable bonds is 3. The molecular weight excluding hydrogens is 344 g/mol. The number of para-hydroxylation sites is 1. The van der Waals surface area contributed by atoms with Crippen LogP contribution in [0.15, 0.2) is 41.3 Å². The van der Waals surface area contributed by atoms with Crippen LogP contribution in [-0.4, -0.2) is 32.7 Å². The van der Waals surface area contributed by atoms with Gasteiger partial charge in [0.25, 0.3) is 0 Å². The van der Waals surface area contributed by atoms with Gasteiger partial charge in [0, 0.05) is 23.8 Å². The van der Waals surface area contributed by atoms with Crippen molar-refractivity contribution in [3.63, 3.8) is 0 Å². The molecule has 0 amide bonds. The second-order valence-electron chi connectivity index (χ2n) is 6.52. The summed E-state index contributed by atoms with van der Waals surface area (Å²) in [5.41, 5.74) is 4.56. The average molecular weight is 363 g/mol. The lowest BCUT2D eigenvalue weighted by Gasteiger charge is -2.25. The molecule has 0 aromatic heterocycles. The van der Waals surface area contributed by atoms with Gasteiger partial charge in [0.2, 0.25) is 0 Å². The lowest BCUT2D eigenvalue weighted by molar-refractivity contribution is 0.257. The van der Waals surface area contributed by atoms with Crippen molar-refractivity contribution >= 4 is 27.1 Å². The molecule has 0 radical (unpaired) electrons. The monoisotopic (exact) mass is 362 g/mol. The normalized spacial score (nSPS) is 20.7. The van der Waals surface area contributed by atoms with Gasteiger partial charge in [-0.05, 0) is 48.4 Å². The van der Waals surface area contributed by atoms with E-state index in [0.717, 1.165) is 18.5 Å². The Kier molecular flexibility index (Phi) is 3.82. The Labute approximate surface area is 147 Å². The Morgan fingerprint density at radius 1 is 1.29 bits per heavy atom. The van der Waals surface area contributed by atoms with Crippen molar-refractivity contribution in [3.05, 3.63) is 58.1 Å². The molecule has 2 heterocycles. The van der Waals surface area contributed by atoms with Crippen LogP contribution in [0.2, 0.25) is 5.02 Å². The van der Waals surface area contributed by atoms with E-state index in [0.29, 0.717) is 16.5 Å². The van der Waals surface area contributed by atoms with Crippen LogP contribution in [0, 0.1) is 0 Å². The smallest absolute Gasteiger partial charge is 0.180 e. The van der Waals surface area contributed by atoms with Crippen LogP contribution in [0.25, 0.3) is 0 Å². The molecule has 0 bridgehead atoms. The fourth-order valence-electron chi connectivity index (χ4n) is 3.74. The average Bonchev–Trinajstić information content (AvgIpc) is 3.10. The molecule has 0 saturated heterocycles. The molecule has 1 N–H and O–H groups in total. The van der Waals surface area contributed by atoms with Crippen molar-refractivity contribution in [2.75, 3.05) is 24.7 Å². The number of benzene rings is 2. The lowest BCUT2D eigenvalue weighted by atomic mass is 10.0. The molecule has 0 spiro atoms. The summed E-state index contributed by atoms with van der Waals surface area (Å²) < 4.78 is 24.9. The number of sulfone groups is 1. The molecule has 0 aliphatic carbocycles. The van der Waals surface area contributed by atoms with Crippen molar-refractivity contribution < 1.29 is 8.42 Å². The molecule has 1 unspecified atom stereocenters. The summed E-state index contributed by atoms with van der Waals surface area (Å²) in [4.78, 5) is 2.52. The first-order chi connectivity index (χ1) is 11.5. The number of hydrogen-bond acceptors (Lipinski definition) is 4. The molecule has 4 nitrogen and oxygen atoms in total. The van der Waals surface area contributed by atoms with Gasteiger partial charge in [0.05, 0.1) is 16.7 Å². The molecule has 0 fully saturated rings. The minimum absolute atomic E-state index is 0.113. The maximum absolute atomic E-state index is 12.4. The highest BCUT2D eigenvalue weighted by Crippen LogP contribution is 2.39. The summed E-state index contributed by atoms with van der Waals surface area (Å²) in [6.45, 7) is 1.66. The first-order valence-corrected chi connectivity index (χ1v) is 10.1. The van der Waals surface area contributed by atoms with Crippen LogP contribution in [0.1, 0.15) is 22.7 Å². The van der Waals surface area contributed by atoms with Gasteiger partial charge in [-0.2, -0.15) is 0 Å². The van der Waals surface area contributed by atoms with Crippen LogP contribution >= 0.6 is 11.6 Å². The standard InChI is InChI=1S/C18H19ClN2O2S/c1-21(10-13-4-2-3-12-7-8-20-18(12)13)16-11-24(22,23)17-6-5-14(19)9-15(16)17/h2-6,9,16,20H,7-8,10-11H2,1H3. The number of anilines is 1. The molecule has 2 aromatic carbocycles. The van der Waals surface area contributed by atoms with Crippen molar-refractivity contribution in [1.82, 2.24) is 4.90 Å². The largest absolute Gasteiger partial charge is 0.384 e. The summed E-state index contributed by atoms with van der Waals surface area (Å²) in [5, 5.41) is 4.02. The minimum Gasteiger partial charge on any atom is -0.384 e. The number of halogens is 1. The van der Waals surface area contributed by atoms with Crippen molar-refractivity contribution in [1.29, 1.82) is 0 Å². The van der Waals surface area contributed by atoms with Gasteiger partial charge >= 0.3 is 0 Å². The van der Waals surface area contributed by atoms with E-state index in [-0.39, 0.29) is 11.8 Å². The Balaban J connectivity index is 1.66. The zero-order valence-corrected chi connectivity index (χ0v) is 15.0.